The van der Waals surface area contributed by atoms with E-state index in [9.17, 15) is 30.3 Å². The van der Waals surface area contributed by atoms with Crippen LogP contribution in [0.25, 0.3) is 0 Å². The van der Waals surface area contributed by atoms with Crippen molar-refractivity contribution in [3.8, 4) is 0 Å². The third kappa shape index (κ3) is 52.3. The van der Waals surface area contributed by atoms with Gasteiger partial charge in [-0.2, -0.15) is 0 Å². The van der Waals surface area contributed by atoms with E-state index in [1.54, 1.807) is 6.08 Å². The molecule has 0 aromatic rings. The number of rotatable bonds is 60. The summed E-state index contributed by atoms with van der Waals surface area (Å²) >= 11 is 0. The predicted octanol–water partition coefficient (Wildman–Crippen LogP) is 19.4. The fourth-order valence-corrected chi connectivity index (χ4v) is 10.5. The van der Waals surface area contributed by atoms with Crippen LogP contribution in [0.4, 0.5) is 0 Å². The Balaban J connectivity index is 2.20. The van der Waals surface area contributed by atoms with E-state index in [1.165, 1.54) is 167 Å². The lowest BCUT2D eigenvalue weighted by Crippen LogP contribution is -2.60. The standard InChI is InChI=1S/C76H131NO8/c1-3-5-7-9-11-13-15-17-19-21-23-25-27-29-31-33-34-35-36-38-39-41-43-45-47-49-51-53-55-57-59-61-63-65-70(79)69(68-84-76-75(83)74(82)73(81)71(67-78)85-76)77-72(80)66-64-62-60-58-56-54-52-50-48-46-44-42-40-37-32-30-28-26-24-22-20-18-16-14-12-10-8-6-4-2/h6,8,12,14,18,20,24,26,30,32,40,42,46-49,55,57,63,65,69-71,73-76,78-79,81-83H,3-5,7,9-11,13,15-17,19,21-23,25,27-29,31,33-39,41,43-45,50-54,56,58-62,64,66-68H2,1-2H3,(H,77,80)/b8-6-,14-12-,20-18-,26-24-,32-30-,42-40-,48-46-,49-47+,57-55+,65-63+. The molecule has 1 fully saturated rings. The van der Waals surface area contributed by atoms with Gasteiger partial charge in [0.2, 0.25) is 5.91 Å². The Labute approximate surface area is 522 Å². The largest absolute Gasteiger partial charge is 0.394 e. The Bertz CT molecular complexity index is 1760. The van der Waals surface area contributed by atoms with E-state index in [2.05, 4.69) is 129 Å². The van der Waals surface area contributed by atoms with E-state index in [0.717, 1.165) is 109 Å². The quantitative estimate of drug-likeness (QED) is 0.0261. The molecule has 0 aromatic carbocycles. The smallest absolute Gasteiger partial charge is 0.220 e. The number of hydrogen-bond acceptors (Lipinski definition) is 8. The molecule has 0 aliphatic carbocycles. The van der Waals surface area contributed by atoms with E-state index in [-0.39, 0.29) is 12.5 Å². The molecule has 9 nitrogen and oxygen atoms in total. The zero-order chi connectivity index (χ0) is 61.4. The highest BCUT2D eigenvalue weighted by Gasteiger charge is 2.44. The molecule has 1 aliphatic heterocycles. The van der Waals surface area contributed by atoms with Crippen LogP contribution < -0.4 is 5.32 Å². The molecule has 7 unspecified atom stereocenters. The summed E-state index contributed by atoms with van der Waals surface area (Å²) in [4.78, 5) is 13.1. The highest BCUT2D eigenvalue weighted by Crippen LogP contribution is 2.23. The van der Waals surface area contributed by atoms with Crippen LogP contribution in [0.5, 0.6) is 0 Å². The topological polar surface area (TPSA) is 149 Å². The van der Waals surface area contributed by atoms with Gasteiger partial charge in [0.1, 0.15) is 24.4 Å². The van der Waals surface area contributed by atoms with Crippen LogP contribution in [0.2, 0.25) is 0 Å². The molecule has 1 saturated heterocycles. The molecular formula is C76H131NO8. The molecule has 1 rings (SSSR count). The summed E-state index contributed by atoms with van der Waals surface area (Å²) in [5.41, 5.74) is 0. The number of carbonyl (C=O) groups excluding carboxylic acids is 1. The lowest BCUT2D eigenvalue weighted by molar-refractivity contribution is -0.302. The van der Waals surface area contributed by atoms with Gasteiger partial charge in [-0.15, -0.1) is 0 Å². The zero-order valence-corrected chi connectivity index (χ0v) is 54.6. The SMILES string of the molecule is CC/C=C\C/C=C\C/C=C\C/C=C\C/C=C\C/C=C\C/C=C\CCCCCCCCCC(=O)NC(COC1OC(CO)C(O)C(O)C1O)C(O)/C=C/CC/C=C/CC/C=C/CCCCCCCCCCCCCCCCCCCCCCCCC. The molecule has 0 radical (unpaired) electrons. The van der Waals surface area contributed by atoms with Crippen molar-refractivity contribution in [2.24, 2.45) is 0 Å². The number of allylic oxidation sites excluding steroid dienone is 19. The van der Waals surface area contributed by atoms with Gasteiger partial charge in [-0.25, -0.2) is 0 Å². The molecule has 488 valence electrons. The molecule has 1 heterocycles. The summed E-state index contributed by atoms with van der Waals surface area (Å²) in [6.07, 6.45) is 88.8. The van der Waals surface area contributed by atoms with Crippen molar-refractivity contribution in [1.82, 2.24) is 5.32 Å². The number of aliphatic hydroxyl groups excluding tert-OH is 5. The average molecular weight is 1190 g/mol. The molecule has 9 heteroatoms. The predicted molar refractivity (Wildman–Crippen MR) is 364 cm³/mol. The van der Waals surface area contributed by atoms with Crippen LogP contribution in [-0.2, 0) is 14.3 Å². The minimum atomic E-state index is -1.59. The number of unbranched alkanes of at least 4 members (excludes halogenated alkanes) is 32. The number of aliphatic hydroxyl groups is 5. The van der Waals surface area contributed by atoms with Gasteiger partial charge < -0.3 is 40.3 Å². The van der Waals surface area contributed by atoms with Gasteiger partial charge in [-0.05, 0) is 103 Å². The fraction of sp³-hybridized carbons (Fsp3) is 0.724. The second kappa shape index (κ2) is 63.6. The third-order valence-corrected chi connectivity index (χ3v) is 16.0. The van der Waals surface area contributed by atoms with E-state index in [4.69, 9.17) is 9.47 Å². The second-order valence-electron chi connectivity index (χ2n) is 23.9. The Morgan fingerprint density at radius 1 is 0.412 bits per heavy atom. The van der Waals surface area contributed by atoms with E-state index < -0.39 is 49.5 Å². The van der Waals surface area contributed by atoms with Crippen molar-refractivity contribution in [2.75, 3.05) is 13.2 Å². The van der Waals surface area contributed by atoms with Crippen LogP contribution in [-0.4, -0.2) is 87.5 Å². The van der Waals surface area contributed by atoms with Gasteiger partial charge in [0, 0.05) is 6.42 Å². The lowest BCUT2D eigenvalue weighted by Gasteiger charge is -2.40. The van der Waals surface area contributed by atoms with E-state index in [1.807, 2.05) is 6.08 Å². The molecule has 0 bridgehead atoms. The van der Waals surface area contributed by atoms with Crippen molar-refractivity contribution in [2.45, 2.75) is 339 Å². The Hall–Kier alpha value is -3.41. The summed E-state index contributed by atoms with van der Waals surface area (Å²) in [5, 5.41) is 54.7. The second-order valence-corrected chi connectivity index (χ2v) is 23.9. The summed E-state index contributed by atoms with van der Waals surface area (Å²) in [7, 11) is 0. The summed E-state index contributed by atoms with van der Waals surface area (Å²) < 4.78 is 11.3. The van der Waals surface area contributed by atoms with Crippen molar-refractivity contribution < 1.29 is 39.8 Å². The van der Waals surface area contributed by atoms with Crippen molar-refractivity contribution in [3.05, 3.63) is 122 Å². The maximum absolute atomic E-state index is 13.1. The van der Waals surface area contributed by atoms with Crippen LogP contribution >= 0.6 is 0 Å². The number of carbonyl (C=O) groups is 1. The summed E-state index contributed by atoms with van der Waals surface area (Å²) in [5.74, 6) is -0.205. The molecule has 0 saturated carbocycles. The minimum Gasteiger partial charge on any atom is -0.394 e. The molecule has 85 heavy (non-hydrogen) atoms. The molecule has 0 spiro atoms. The first kappa shape index (κ1) is 79.6. The number of amides is 1. The average Bonchev–Trinajstić information content (AvgIpc) is 3.56. The van der Waals surface area contributed by atoms with Crippen LogP contribution in [0.15, 0.2) is 122 Å². The van der Waals surface area contributed by atoms with Crippen LogP contribution in [0, 0.1) is 0 Å². The van der Waals surface area contributed by atoms with Gasteiger partial charge in [-0.1, -0.05) is 309 Å². The summed E-state index contributed by atoms with van der Waals surface area (Å²) in [6.45, 7) is 3.66. The van der Waals surface area contributed by atoms with E-state index >= 15 is 0 Å². The van der Waals surface area contributed by atoms with E-state index in [0.29, 0.717) is 6.42 Å². The molecule has 6 N–H and O–H groups in total. The Morgan fingerprint density at radius 3 is 1.13 bits per heavy atom. The van der Waals surface area contributed by atoms with Gasteiger partial charge in [0.25, 0.3) is 0 Å². The Kier molecular flexibility index (Phi) is 59.6. The molecule has 1 amide bonds. The van der Waals surface area contributed by atoms with Crippen molar-refractivity contribution in [3.63, 3.8) is 0 Å². The molecule has 0 aromatic heterocycles. The molecular weight excluding hydrogens is 1050 g/mol. The van der Waals surface area contributed by atoms with Crippen LogP contribution in [0.1, 0.15) is 296 Å². The van der Waals surface area contributed by atoms with Crippen LogP contribution in [0.3, 0.4) is 0 Å². The molecule has 1 aliphatic rings. The first-order valence-electron chi connectivity index (χ1n) is 35.3. The minimum absolute atomic E-state index is 0.205. The number of ether oxygens (including phenoxy) is 2. The zero-order valence-electron chi connectivity index (χ0n) is 54.6. The maximum Gasteiger partial charge on any atom is 0.220 e. The number of hydrogen-bond donors (Lipinski definition) is 6. The highest BCUT2D eigenvalue weighted by molar-refractivity contribution is 5.76. The third-order valence-electron chi connectivity index (χ3n) is 16.0. The van der Waals surface area contributed by atoms with Gasteiger partial charge in [0.05, 0.1) is 25.4 Å². The normalized spacial score (nSPS) is 18.9. The van der Waals surface area contributed by atoms with Gasteiger partial charge in [-0.3, -0.25) is 4.79 Å². The first-order valence-corrected chi connectivity index (χ1v) is 35.3. The summed E-state index contributed by atoms with van der Waals surface area (Å²) in [6, 6.07) is -0.846. The maximum atomic E-state index is 13.1. The van der Waals surface area contributed by atoms with Gasteiger partial charge >= 0.3 is 0 Å². The van der Waals surface area contributed by atoms with Crippen molar-refractivity contribution in [1.29, 1.82) is 0 Å². The highest BCUT2D eigenvalue weighted by atomic mass is 16.7. The molecule has 7 atom stereocenters. The first-order chi connectivity index (χ1) is 41.8. The van der Waals surface area contributed by atoms with Gasteiger partial charge in [0.15, 0.2) is 6.29 Å². The monoisotopic (exact) mass is 1190 g/mol. The number of nitrogens with one attached hydrogen (secondary N) is 1. The Morgan fingerprint density at radius 2 is 0.741 bits per heavy atom. The van der Waals surface area contributed by atoms with Crippen molar-refractivity contribution >= 4 is 5.91 Å². The lowest BCUT2D eigenvalue weighted by atomic mass is 9.99. The fourth-order valence-electron chi connectivity index (χ4n) is 10.5.